The molecule has 1 heterocycles. The topological polar surface area (TPSA) is 124 Å². The SMILES string of the molecule is COCCC(C)(O)CNC(=O)c1cc(=O)[nH]c(=O)[nH]1. The molecule has 1 aromatic heterocycles. The highest BCUT2D eigenvalue weighted by Gasteiger charge is 2.21. The van der Waals surface area contributed by atoms with Crippen molar-refractivity contribution in [3.63, 3.8) is 0 Å². The summed E-state index contributed by atoms with van der Waals surface area (Å²) in [6.07, 6.45) is 0.343. The fourth-order valence-corrected chi connectivity index (χ4v) is 1.37. The molecule has 1 aromatic rings. The second-order valence-electron chi connectivity index (χ2n) is 4.42. The van der Waals surface area contributed by atoms with Gasteiger partial charge in [0.25, 0.3) is 11.5 Å². The lowest BCUT2D eigenvalue weighted by Gasteiger charge is -2.23. The second kappa shape index (κ2) is 6.30. The van der Waals surface area contributed by atoms with E-state index in [0.29, 0.717) is 13.0 Å². The minimum absolute atomic E-state index is 0.0238. The number of ether oxygens (including phenoxy) is 1. The number of carbonyl (C=O) groups is 1. The maximum atomic E-state index is 11.7. The van der Waals surface area contributed by atoms with Gasteiger partial charge in [-0.15, -0.1) is 0 Å². The molecule has 0 aliphatic carbocycles. The number of amides is 1. The lowest BCUT2D eigenvalue weighted by Crippen LogP contribution is -2.42. The van der Waals surface area contributed by atoms with E-state index in [9.17, 15) is 19.5 Å². The Labute approximate surface area is 108 Å². The highest BCUT2D eigenvalue weighted by molar-refractivity contribution is 5.92. The predicted octanol–water partition coefficient (Wildman–Crippen LogP) is -1.42. The highest BCUT2D eigenvalue weighted by Crippen LogP contribution is 2.07. The van der Waals surface area contributed by atoms with Crippen molar-refractivity contribution in [1.29, 1.82) is 0 Å². The number of hydrogen-bond donors (Lipinski definition) is 4. The summed E-state index contributed by atoms with van der Waals surface area (Å²) >= 11 is 0. The molecule has 0 aromatic carbocycles. The lowest BCUT2D eigenvalue weighted by atomic mass is 10.0. The average molecular weight is 271 g/mol. The summed E-state index contributed by atoms with van der Waals surface area (Å²) < 4.78 is 4.83. The number of methoxy groups -OCH3 is 1. The summed E-state index contributed by atoms with van der Waals surface area (Å²) in [6.45, 7) is 1.88. The van der Waals surface area contributed by atoms with Gasteiger partial charge < -0.3 is 20.1 Å². The first kappa shape index (κ1) is 15.1. The Kier molecular flexibility index (Phi) is 5.02. The van der Waals surface area contributed by atoms with E-state index in [1.165, 1.54) is 7.11 Å². The van der Waals surface area contributed by atoms with E-state index >= 15 is 0 Å². The van der Waals surface area contributed by atoms with Gasteiger partial charge in [-0.2, -0.15) is 0 Å². The molecule has 1 rings (SSSR count). The van der Waals surface area contributed by atoms with E-state index in [2.05, 4.69) is 10.3 Å². The van der Waals surface area contributed by atoms with E-state index in [4.69, 9.17) is 4.74 Å². The predicted molar refractivity (Wildman–Crippen MR) is 67.1 cm³/mol. The third kappa shape index (κ3) is 5.06. The van der Waals surface area contributed by atoms with E-state index in [-0.39, 0.29) is 12.2 Å². The standard InChI is InChI=1S/C11H17N3O5/c1-11(18,3-4-19-2)6-12-9(16)7-5-8(15)14-10(17)13-7/h5,18H,3-4,6H2,1-2H3,(H,12,16)(H2,13,14,15,17). The van der Waals surface area contributed by atoms with Gasteiger partial charge in [-0.05, 0) is 6.92 Å². The van der Waals surface area contributed by atoms with Crippen LogP contribution in [0.3, 0.4) is 0 Å². The Bertz CT molecular complexity index is 518. The summed E-state index contributed by atoms with van der Waals surface area (Å²) in [5, 5.41) is 12.4. The number of aromatic amines is 2. The fraction of sp³-hybridized carbons (Fsp3) is 0.545. The van der Waals surface area contributed by atoms with Crippen molar-refractivity contribution in [3.8, 4) is 0 Å². The molecular formula is C11H17N3O5. The van der Waals surface area contributed by atoms with Crippen LogP contribution in [0.15, 0.2) is 15.7 Å². The zero-order chi connectivity index (χ0) is 14.5. The van der Waals surface area contributed by atoms with Crippen LogP contribution in [0.25, 0.3) is 0 Å². The Morgan fingerprint density at radius 2 is 2.16 bits per heavy atom. The maximum absolute atomic E-state index is 11.7. The van der Waals surface area contributed by atoms with Crippen LogP contribution >= 0.6 is 0 Å². The van der Waals surface area contributed by atoms with Crippen molar-refractivity contribution in [2.45, 2.75) is 18.9 Å². The van der Waals surface area contributed by atoms with Crippen LogP contribution in [-0.2, 0) is 4.74 Å². The largest absolute Gasteiger partial charge is 0.388 e. The van der Waals surface area contributed by atoms with Crippen LogP contribution in [-0.4, -0.2) is 46.8 Å². The van der Waals surface area contributed by atoms with Crippen molar-refractivity contribution in [3.05, 3.63) is 32.6 Å². The molecule has 0 saturated heterocycles. The van der Waals surface area contributed by atoms with Crippen LogP contribution in [0, 0.1) is 0 Å². The molecule has 0 aliphatic heterocycles. The van der Waals surface area contributed by atoms with Crippen LogP contribution in [0.2, 0.25) is 0 Å². The first-order valence-corrected chi connectivity index (χ1v) is 5.67. The smallest absolute Gasteiger partial charge is 0.326 e. The highest BCUT2D eigenvalue weighted by atomic mass is 16.5. The summed E-state index contributed by atoms with van der Waals surface area (Å²) in [4.78, 5) is 37.9. The van der Waals surface area contributed by atoms with Gasteiger partial charge in [0, 0.05) is 32.7 Å². The molecule has 19 heavy (non-hydrogen) atoms. The molecule has 0 aliphatic rings. The molecule has 106 valence electrons. The van der Waals surface area contributed by atoms with Gasteiger partial charge in [-0.3, -0.25) is 14.6 Å². The zero-order valence-corrected chi connectivity index (χ0v) is 10.8. The van der Waals surface area contributed by atoms with Gasteiger partial charge in [0.1, 0.15) is 5.69 Å². The first-order valence-electron chi connectivity index (χ1n) is 5.67. The zero-order valence-electron chi connectivity index (χ0n) is 10.8. The molecule has 1 unspecified atom stereocenters. The van der Waals surface area contributed by atoms with Crippen molar-refractivity contribution >= 4 is 5.91 Å². The van der Waals surface area contributed by atoms with E-state index in [1.807, 2.05) is 4.98 Å². The van der Waals surface area contributed by atoms with Crippen molar-refractivity contribution < 1.29 is 14.6 Å². The molecular weight excluding hydrogens is 254 g/mol. The Hall–Kier alpha value is -1.93. The third-order valence-electron chi connectivity index (χ3n) is 2.48. The monoisotopic (exact) mass is 271 g/mol. The summed E-state index contributed by atoms with van der Waals surface area (Å²) in [5.41, 5.74) is -2.71. The Balaban J connectivity index is 2.65. The van der Waals surface area contributed by atoms with Gasteiger partial charge >= 0.3 is 5.69 Å². The van der Waals surface area contributed by atoms with Gasteiger partial charge in [0.05, 0.1) is 5.60 Å². The summed E-state index contributed by atoms with van der Waals surface area (Å²) in [7, 11) is 1.51. The molecule has 0 spiro atoms. The van der Waals surface area contributed by atoms with Crippen LogP contribution < -0.4 is 16.6 Å². The minimum Gasteiger partial charge on any atom is -0.388 e. The number of aliphatic hydroxyl groups is 1. The van der Waals surface area contributed by atoms with Crippen molar-refractivity contribution in [2.24, 2.45) is 0 Å². The normalized spacial score (nSPS) is 13.8. The average Bonchev–Trinajstić information content (AvgIpc) is 2.32. The van der Waals surface area contributed by atoms with Crippen LogP contribution in [0.4, 0.5) is 0 Å². The number of hydrogen-bond acceptors (Lipinski definition) is 5. The first-order chi connectivity index (χ1) is 8.84. The maximum Gasteiger partial charge on any atom is 0.326 e. The Morgan fingerprint density at radius 3 is 2.74 bits per heavy atom. The van der Waals surface area contributed by atoms with Crippen molar-refractivity contribution in [2.75, 3.05) is 20.3 Å². The van der Waals surface area contributed by atoms with Gasteiger partial charge in [0.15, 0.2) is 0 Å². The van der Waals surface area contributed by atoms with Gasteiger partial charge in [-0.1, -0.05) is 0 Å². The molecule has 0 fully saturated rings. The Morgan fingerprint density at radius 1 is 1.47 bits per heavy atom. The van der Waals surface area contributed by atoms with E-state index < -0.39 is 22.8 Å². The number of aromatic nitrogens is 2. The van der Waals surface area contributed by atoms with Gasteiger partial charge in [-0.25, -0.2) is 4.79 Å². The number of nitrogens with one attached hydrogen (secondary N) is 3. The summed E-state index contributed by atoms with van der Waals surface area (Å²) in [6, 6.07) is 0.973. The van der Waals surface area contributed by atoms with E-state index in [1.54, 1.807) is 6.92 Å². The molecule has 0 bridgehead atoms. The molecule has 0 radical (unpaired) electrons. The van der Waals surface area contributed by atoms with Crippen molar-refractivity contribution in [1.82, 2.24) is 15.3 Å². The molecule has 4 N–H and O–H groups in total. The molecule has 1 amide bonds. The fourth-order valence-electron chi connectivity index (χ4n) is 1.37. The molecule has 8 heteroatoms. The number of rotatable bonds is 6. The van der Waals surface area contributed by atoms with Crippen LogP contribution in [0.5, 0.6) is 0 Å². The minimum atomic E-state index is -1.13. The second-order valence-corrected chi connectivity index (χ2v) is 4.42. The molecule has 0 saturated carbocycles. The van der Waals surface area contributed by atoms with Gasteiger partial charge in [0.2, 0.25) is 0 Å². The van der Waals surface area contributed by atoms with Crippen LogP contribution in [0.1, 0.15) is 23.8 Å². The lowest BCUT2D eigenvalue weighted by molar-refractivity contribution is 0.0243. The summed E-state index contributed by atoms with van der Waals surface area (Å²) in [5.74, 6) is -0.638. The number of H-pyrrole nitrogens is 2. The molecule has 8 nitrogen and oxygen atoms in total. The molecule has 1 atom stereocenters. The van der Waals surface area contributed by atoms with E-state index in [0.717, 1.165) is 6.07 Å². The third-order valence-corrected chi connectivity index (χ3v) is 2.48. The number of carbonyl (C=O) groups excluding carboxylic acids is 1. The quantitative estimate of drug-likeness (QED) is 0.505.